The largest absolute Gasteiger partial charge is 0.462 e. The number of rotatable bonds is 6. The normalized spacial score (nSPS) is 19.0. The van der Waals surface area contributed by atoms with Gasteiger partial charge in [-0.05, 0) is 46.7 Å². The highest BCUT2D eigenvalue weighted by Crippen LogP contribution is 2.07. The highest BCUT2D eigenvalue weighted by atomic mass is 16.5. The molecule has 4 heteroatoms. The molecule has 16 heavy (non-hydrogen) atoms. The number of carbonyl (C=O) groups excluding carboxylic acids is 1. The van der Waals surface area contributed by atoms with E-state index in [1.807, 2.05) is 13.8 Å². The summed E-state index contributed by atoms with van der Waals surface area (Å²) in [4.78, 5) is 13.7. The molecule has 0 saturated carbocycles. The van der Waals surface area contributed by atoms with Gasteiger partial charge in [0.25, 0.3) is 0 Å². The zero-order valence-electron chi connectivity index (χ0n) is 10.7. The van der Waals surface area contributed by atoms with Crippen LogP contribution in [-0.4, -0.2) is 49.2 Å². The molecule has 1 rings (SSSR count). The van der Waals surface area contributed by atoms with Crippen LogP contribution in [0.4, 0.5) is 0 Å². The standard InChI is InChI=1S/C12H24N2O2/c1-10(2)16-12(15)8-13-11(3)9-14-6-4-5-7-14/h10-11,13H,4-9H2,1-3H3. The van der Waals surface area contributed by atoms with Crippen molar-refractivity contribution in [3.8, 4) is 0 Å². The minimum atomic E-state index is -0.164. The molecule has 0 radical (unpaired) electrons. The maximum absolute atomic E-state index is 11.3. The van der Waals surface area contributed by atoms with Crippen LogP contribution in [0.1, 0.15) is 33.6 Å². The molecule has 4 nitrogen and oxygen atoms in total. The third-order valence-electron chi connectivity index (χ3n) is 2.69. The maximum Gasteiger partial charge on any atom is 0.320 e. The SMILES string of the molecule is CC(CN1CCCC1)NCC(=O)OC(C)C. The topological polar surface area (TPSA) is 41.6 Å². The van der Waals surface area contributed by atoms with Crippen molar-refractivity contribution in [3.05, 3.63) is 0 Å². The van der Waals surface area contributed by atoms with Crippen LogP contribution in [0.5, 0.6) is 0 Å². The van der Waals surface area contributed by atoms with E-state index in [2.05, 4.69) is 17.1 Å². The Bertz CT molecular complexity index is 213. The van der Waals surface area contributed by atoms with Crippen LogP contribution in [0.2, 0.25) is 0 Å². The second-order valence-corrected chi connectivity index (χ2v) is 4.83. The average Bonchev–Trinajstić information content (AvgIpc) is 2.66. The van der Waals surface area contributed by atoms with Gasteiger partial charge in [-0.3, -0.25) is 4.79 Å². The molecule has 94 valence electrons. The van der Waals surface area contributed by atoms with E-state index in [-0.39, 0.29) is 12.1 Å². The molecule has 0 aliphatic carbocycles. The lowest BCUT2D eigenvalue weighted by Crippen LogP contribution is -2.40. The van der Waals surface area contributed by atoms with E-state index in [1.165, 1.54) is 25.9 Å². The summed E-state index contributed by atoms with van der Waals surface area (Å²) in [6.07, 6.45) is 2.59. The van der Waals surface area contributed by atoms with Crippen molar-refractivity contribution in [2.75, 3.05) is 26.2 Å². The molecule has 1 fully saturated rings. The third-order valence-corrected chi connectivity index (χ3v) is 2.69. The van der Waals surface area contributed by atoms with Crippen molar-refractivity contribution in [1.29, 1.82) is 0 Å². The minimum Gasteiger partial charge on any atom is -0.462 e. The van der Waals surface area contributed by atoms with E-state index in [1.54, 1.807) is 0 Å². The number of hydrogen-bond acceptors (Lipinski definition) is 4. The molecule has 1 unspecified atom stereocenters. The zero-order valence-corrected chi connectivity index (χ0v) is 10.7. The number of ether oxygens (including phenoxy) is 1. The maximum atomic E-state index is 11.3. The Hall–Kier alpha value is -0.610. The van der Waals surface area contributed by atoms with Crippen LogP contribution in [0.15, 0.2) is 0 Å². The predicted octanol–water partition coefficient (Wildman–Crippen LogP) is 1.01. The Morgan fingerprint density at radius 3 is 2.50 bits per heavy atom. The summed E-state index contributed by atoms with van der Waals surface area (Å²) < 4.78 is 5.06. The molecule has 0 aromatic carbocycles. The second-order valence-electron chi connectivity index (χ2n) is 4.83. The number of likely N-dealkylation sites (tertiary alicyclic amines) is 1. The Kier molecular flexibility index (Phi) is 5.77. The summed E-state index contributed by atoms with van der Waals surface area (Å²) in [7, 11) is 0. The van der Waals surface area contributed by atoms with Crippen molar-refractivity contribution >= 4 is 5.97 Å². The number of nitrogens with zero attached hydrogens (tertiary/aromatic N) is 1. The summed E-state index contributed by atoms with van der Waals surface area (Å²) in [5.74, 6) is -0.164. The smallest absolute Gasteiger partial charge is 0.320 e. The van der Waals surface area contributed by atoms with Gasteiger partial charge in [0.15, 0.2) is 0 Å². The molecular formula is C12H24N2O2. The first-order chi connectivity index (χ1) is 7.58. The number of carbonyl (C=O) groups is 1. The van der Waals surface area contributed by atoms with Crippen LogP contribution in [0.3, 0.4) is 0 Å². The molecular weight excluding hydrogens is 204 g/mol. The van der Waals surface area contributed by atoms with E-state index in [0.29, 0.717) is 12.6 Å². The van der Waals surface area contributed by atoms with Crippen LogP contribution in [0.25, 0.3) is 0 Å². The first-order valence-electron chi connectivity index (χ1n) is 6.23. The van der Waals surface area contributed by atoms with Crippen molar-refractivity contribution in [3.63, 3.8) is 0 Å². The van der Waals surface area contributed by atoms with Crippen LogP contribution in [-0.2, 0) is 9.53 Å². The number of esters is 1. The number of nitrogens with one attached hydrogen (secondary N) is 1. The highest BCUT2D eigenvalue weighted by molar-refractivity contribution is 5.71. The van der Waals surface area contributed by atoms with Crippen molar-refractivity contribution in [1.82, 2.24) is 10.2 Å². The lowest BCUT2D eigenvalue weighted by Gasteiger charge is -2.21. The van der Waals surface area contributed by atoms with Gasteiger partial charge in [0.1, 0.15) is 0 Å². The van der Waals surface area contributed by atoms with E-state index in [0.717, 1.165) is 6.54 Å². The fraction of sp³-hybridized carbons (Fsp3) is 0.917. The molecule has 0 aromatic rings. The average molecular weight is 228 g/mol. The number of hydrogen-bond donors (Lipinski definition) is 1. The van der Waals surface area contributed by atoms with Gasteiger partial charge >= 0.3 is 5.97 Å². The Morgan fingerprint density at radius 2 is 1.94 bits per heavy atom. The third kappa shape index (κ3) is 5.47. The molecule has 1 N–H and O–H groups in total. The van der Waals surface area contributed by atoms with Crippen LogP contribution in [0, 0.1) is 0 Å². The van der Waals surface area contributed by atoms with Gasteiger partial charge in [-0.15, -0.1) is 0 Å². The lowest BCUT2D eigenvalue weighted by molar-refractivity contribution is -0.146. The van der Waals surface area contributed by atoms with Gasteiger partial charge in [0.2, 0.25) is 0 Å². The van der Waals surface area contributed by atoms with Gasteiger partial charge < -0.3 is 15.0 Å². The molecule has 1 aliphatic rings. The molecule has 0 amide bonds. The zero-order chi connectivity index (χ0) is 12.0. The summed E-state index contributed by atoms with van der Waals surface area (Å²) in [6.45, 7) is 9.57. The van der Waals surface area contributed by atoms with Gasteiger partial charge in [0.05, 0.1) is 12.6 Å². The summed E-state index contributed by atoms with van der Waals surface area (Å²) in [5, 5.41) is 3.20. The molecule has 1 atom stereocenters. The first kappa shape index (κ1) is 13.5. The Balaban J connectivity index is 2.09. The van der Waals surface area contributed by atoms with Crippen LogP contribution < -0.4 is 5.32 Å². The Morgan fingerprint density at radius 1 is 1.31 bits per heavy atom. The molecule has 0 bridgehead atoms. The first-order valence-corrected chi connectivity index (χ1v) is 6.23. The van der Waals surface area contributed by atoms with Gasteiger partial charge in [-0.25, -0.2) is 0 Å². The van der Waals surface area contributed by atoms with E-state index in [9.17, 15) is 4.79 Å². The van der Waals surface area contributed by atoms with Crippen molar-refractivity contribution in [2.45, 2.75) is 45.8 Å². The van der Waals surface area contributed by atoms with E-state index in [4.69, 9.17) is 4.74 Å². The quantitative estimate of drug-likeness (QED) is 0.689. The van der Waals surface area contributed by atoms with Crippen LogP contribution >= 0.6 is 0 Å². The van der Waals surface area contributed by atoms with E-state index >= 15 is 0 Å². The monoisotopic (exact) mass is 228 g/mol. The van der Waals surface area contributed by atoms with Gasteiger partial charge in [0, 0.05) is 12.6 Å². The van der Waals surface area contributed by atoms with Crippen molar-refractivity contribution in [2.24, 2.45) is 0 Å². The van der Waals surface area contributed by atoms with Gasteiger partial charge in [-0.2, -0.15) is 0 Å². The fourth-order valence-electron chi connectivity index (χ4n) is 1.98. The fourth-order valence-corrected chi connectivity index (χ4v) is 1.98. The molecule has 0 spiro atoms. The summed E-state index contributed by atoms with van der Waals surface area (Å²) in [6, 6.07) is 0.345. The molecule has 1 heterocycles. The predicted molar refractivity (Wildman–Crippen MR) is 64.4 cm³/mol. The highest BCUT2D eigenvalue weighted by Gasteiger charge is 2.15. The summed E-state index contributed by atoms with van der Waals surface area (Å²) in [5.41, 5.74) is 0. The lowest BCUT2D eigenvalue weighted by atomic mass is 10.3. The minimum absolute atomic E-state index is 0.0248. The second kappa shape index (κ2) is 6.86. The van der Waals surface area contributed by atoms with Crippen molar-refractivity contribution < 1.29 is 9.53 Å². The van der Waals surface area contributed by atoms with E-state index < -0.39 is 0 Å². The molecule has 1 aliphatic heterocycles. The molecule has 1 saturated heterocycles. The summed E-state index contributed by atoms with van der Waals surface area (Å²) >= 11 is 0. The Labute approximate surface area is 98.3 Å². The van der Waals surface area contributed by atoms with Gasteiger partial charge in [-0.1, -0.05) is 0 Å². The molecule has 0 aromatic heterocycles.